The minimum absolute atomic E-state index is 0.0475. The van der Waals surface area contributed by atoms with Crippen molar-refractivity contribution in [2.24, 2.45) is 0 Å². The maximum Gasteiger partial charge on any atom is 0.388 e. The van der Waals surface area contributed by atoms with Crippen LogP contribution in [0.3, 0.4) is 0 Å². The van der Waals surface area contributed by atoms with Gasteiger partial charge in [0.2, 0.25) is 0 Å². The molecule has 296 valence electrons. The average molecular weight is 783 g/mol. The quantitative estimate of drug-likeness (QED) is 0.0615. The van der Waals surface area contributed by atoms with E-state index in [4.69, 9.17) is 23.1 Å². The van der Waals surface area contributed by atoms with Crippen molar-refractivity contribution in [3.63, 3.8) is 0 Å². The highest BCUT2D eigenvalue weighted by atomic mass is 32.2. The van der Waals surface area contributed by atoms with Gasteiger partial charge in [-0.25, -0.2) is 4.68 Å². The Balaban J connectivity index is 1.15. The van der Waals surface area contributed by atoms with Crippen LogP contribution in [0.5, 0.6) is 0 Å². The van der Waals surface area contributed by atoms with Crippen LogP contribution in [0.1, 0.15) is 77.6 Å². The number of ether oxygens (including phenoxy) is 4. The summed E-state index contributed by atoms with van der Waals surface area (Å²) in [6.07, 6.45) is 2.47. The van der Waals surface area contributed by atoms with Gasteiger partial charge in [-0.3, -0.25) is 4.79 Å². The molecule has 0 bridgehead atoms. The van der Waals surface area contributed by atoms with Crippen LogP contribution in [0.25, 0.3) is 11.0 Å². The fourth-order valence-corrected chi connectivity index (χ4v) is 8.08. The third-order valence-electron chi connectivity index (χ3n) is 9.90. The summed E-state index contributed by atoms with van der Waals surface area (Å²) in [5, 5.41) is 9.00. The van der Waals surface area contributed by atoms with E-state index in [9.17, 15) is 13.2 Å². The maximum atomic E-state index is 13.4. The number of hydrogen-bond acceptors (Lipinski definition) is 10. The van der Waals surface area contributed by atoms with Crippen molar-refractivity contribution in [3.05, 3.63) is 142 Å². The molecule has 1 aromatic heterocycles. The molecular weight excluding hydrogens is 733 g/mol. The molecule has 0 aliphatic carbocycles. The van der Waals surface area contributed by atoms with Gasteiger partial charge >= 0.3 is 16.3 Å². The van der Waals surface area contributed by atoms with Gasteiger partial charge in [-0.2, -0.15) is 12.7 Å². The zero-order valence-corrected chi connectivity index (χ0v) is 33.2. The van der Waals surface area contributed by atoms with E-state index in [1.54, 1.807) is 13.0 Å². The lowest BCUT2D eigenvalue weighted by Gasteiger charge is -2.31. The highest BCUT2D eigenvalue weighted by Gasteiger charge is 2.35. The molecule has 12 nitrogen and oxygen atoms in total. The largest absolute Gasteiger partial charge is 0.466 e. The number of rotatable bonds is 19. The predicted octanol–water partition coefficient (Wildman–Crippen LogP) is 7.45. The molecule has 0 radical (unpaired) electrons. The lowest BCUT2D eigenvalue weighted by atomic mass is 9.83. The van der Waals surface area contributed by atoms with Gasteiger partial charge in [0.1, 0.15) is 12.1 Å². The second-order valence-corrected chi connectivity index (χ2v) is 15.2. The summed E-state index contributed by atoms with van der Waals surface area (Å²) in [4.78, 5) is 13.1. The molecule has 56 heavy (non-hydrogen) atoms. The van der Waals surface area contributed by atoms with Crippen LogP contribution in [0.2, 0.25) is 0 Å². The molecule has 0 saturated heterocycles. The number of hydrogen-bond donors (Lipinski definition) is 0. The molecule has 0 fully saturated rings. The zero-order chi connectivity index (χ0) is 39.5. The van der Waals surface area contributed by atoms with Crippen LogP contribution in [0, 0.1) is 13.8 Å². The number of aromatic nitrogens is 3. The van der Waals surface area contributed by atoms with Gasteiger partial charge < -0.3 is 23.1 Å². The van der Waals surface area contributed by atoms with Crippen molar-refractivity contribution in [3.8, 4) is 0 Å². The van der Waals surface area contributed by atoms with E-state index in [-0.39, 0.29) is 44.0 Å². The van der Waals surface area contributed by atoms with Gasteiger partial charge in [0.15, 0.2) is 0 Å². The van der Waals surface area contributed by atoms with E-state index in [1.807, 2.05) is 116 Å². The molecule has 4 aromatic carbocycles. The van der Waals surface area contributed by atoms with Gasteiger partial charge in [-0.1, -0.05) is 90.1 Å². The Hall–Kier alpha value is -5.08. The second-order valence-electron chi connectivity index (χ2n) is 13.7. The monoisotopic (exact) mass is 782 g/mol. The first-order valence-electron chi connectivity index (χ1n) is 19.0. The van der Waals surface area contributed by atoms with Crippen LogP contribution in [-0.4, -0.2) is 66.7 Å². The van der Waals surface area contributed by atoms with Crippen LogP contribution in [0.4, 0.5) is 0 Å². The Morgan fingerprint density at radius 3 is 2.30 bits per heavy atom. The van der Waals surface area contributed by atoms with Crippen LogP contribution >= 0.6 is 0 Å². The fourth-order valence-electron chi connectivity index (χ4n) is 6.91. The van der Waals surface area contributed by atoms with Gasteiger partial charge in [0.25, 0.3) is 5.95 Å². The van der Waals surface area contributed by atoms with Crippen molar-refractivity contribution >= 4 is 27.3 Å². The minimum Gasteiger partial charge on any atom is -0.466 e. The average Bonchev–Trinajstić information content (AvgIpc) is 3.62. The van der Waals surface area contributed by atoms with Crippen LogP contribution in [0.15, 0.2) is 103 Å². The molecule has 0 saturated carbocycles. The van der Waals surface area contributed by atoms with Gasteiger partial charge in [0.05, 0.1) is 44.4 Å². The van der Waals surface area contributed by atoms with Crippen molar-refractivity contribution in [1.29, 1.82) is 0 Å². The summed E-state index contributed by atoms with van der Waals surface area (Å²) < 4.78 is 58.0. The smallest absolute Gasteiger partial charge is 0.388 e. The molecule has 0 N–H and O–H groups in total. The Kier molecular flexibility index (Phi) is 13.9. The molecule has 1 aliphatic heterocycles. The lowest BCUT2D eigenvalue weighted by molar-refractivity contribution is -0.143. The predicted molar refractivity (Wildman–Crippen MR) is 213 cm³/mol. The minimum atomic E-state index is -4.17. The normalized spacial score (nSPS) is 15.2. The van der Waals surface area contributed by atoms with Gasteiger partial charge in [-0.15, -0.1) is 5.10 Å². The van der Waals surface area contributed by atoms with E-state index in [0.29, 0.717) is 33.0 Å². The van der Waals surface area contributed by atoms with Gasteiger partial charge in [-0.05, 0) is 79.1 Å². The summed E-state index contributed by atoms with van der Waals surface area (Å²) >= 11 is 0. The summed E-state index contributed by atoms with van der Waals surface area (Å²) in [5.41, 5.74) is 8.03. The molecular formula is C43H50N4O8S. The van der Waals surface area contributed by atoms with Crippen LogP contribution < -0.4 is 0 Å². The number of nitrogens with zero attached hydrogens (tertiary/aromatic N) is 4. The third-order valence-corrected chi connectivity index (χ3v) is 11.3. The summed E-state index contributed by atoms with van der Waals surface area (Å²) in [5.74, 6) is -0.769. The SMILES string of the molecule is CCOC(=O)CC(c1ccc(C)c([C@@H](C)N2CC=C(OCc3ccccc3)OS2(=O)=O)c1)c1ccc2c(nnn2CCCOCCOCc2ccccc2)c1C. The maximum absolute atomic E-state index is 13.4. The summed E-state index contributed by atoms with van der Waals surface area (Å²) in [6, 6.07) is 28.9. The molecule has 2 heterocycles. The molecule has 13 heteroatoms. The van der Waals surface area contributed by atoms with Gasteiger partial charge in [0, 0.05) is 31.7 Å². The first-order chi connectivity index (χ1) is 27.1. The molecule has 0 amide bonds. The molecule has 6 rings (SSSR count). The number of aryl methyl sites for hydroxylation is 3. The third kappa shape index (κ3) is 10.2. The molecule has 2 atom stereocenters. The van der Waals surface area contributed by atoms with Crippen molar-refractivity contribution in [2.75, 3.05) is 33.0 Å². The Morgan fingerprint density at radius 2 is 1.59 bits per heavy atom. The van der Waals surface area contributed by atoms with E-state index < -0.39 is 16.3 Å². The topological polar surface area (TPSA) is 131 Å². The number of carbonyl (C=O) groups excluding carboxylic acids is 1. The Morgan fingerprint density at radius 1 is 0.875 bits per heavy atom. The zero-order valence-electron chi connectivity index (χ0n) is 32.4. The Bertz CT molecular complexity index is 2210. The first-order valence-corrected chi connectivity index (χ1v) is 20.4. The molecule has 0 spiro atoms. The number of esters is 1. The highest BCUT2D eigenvalue weighted by molar-refractivity contribution is 7.84. The molecule has 5 aromatic rings. The van der Waals surface area contributed by atoms with E-state index in [2.05, 4.69) is 10.3 Å². The lowest BCUT2D eigenvalue weighted by Crippen LogP contribution is -2.38. The van der Waals surface area contributed by atoms with Crippen LogP contribution in [-0.2, 0) is 58.0 Å². The second kappa shape index (κ2) is 19.2. The van der Waals surface area contributed by atoms with E-state index in [0.717, 1.165) is 56.4 Å². The standard InChI is InChI=1S/C43H50N4O8S/c1-5-53-41(48)28-39(37-19-20-40-43(32(37)3)44-45-46(40)22-12-24-51-25-26-52-29-34-13-8-6-9-14-34)36-18-17-31(2)38(27-36)33(4)47-23-21-42(55-56(47,49)50)54-30-35-15-10-7-11-16-35/h6-11,13-21,27,33,39H,5,12,22-26,28-30H2,1-4H3/t33-,39?/m1/s1. The van der Waals surface area contributed by atoms with Crippen molar-refractivity contribution < 1.29 is 36.3 Å². The Labute approximate surface area is 329 Å². The highest BCUT2D eigenvalue weighted by Crippen LogP contribution is 2.37. The van der Waals surface area contributed by atoms with Crippen molar-refractivity contribution in [2.45, 2.75) is 72.3 Å². The molecule has 1 unspecified atom stereocenters. The molecule has 1 aliphatic rings. The van der Waals surface area contributed by atoms with Crippen molar-refractivity contribution in [1.82, 2.24) is 19.3 Å². The fraction of sp³-hybridized carbons (Fsp3) is 0.372. The summed E-state index contributed by atoms with van der Waals surface area (Å²) in [6.45, 7) is 10.9. The number of carbonyl (C=O) groups is 1. The number of fused-ring (bicyclic) bond motifs is 1. The first kappa shape index (κ1) is 40.6. The van der Waals surface area contributed by atoms with E-state index >= 15 is 0 Å². The van der Waals surface area contributed by atoms with E-state index in [1.165, 1.54) is 4.31 Å². The summed E-state index contributed by atoms with van der Waals surface area (Å²) in [7, 11) is -4.17. The number of benzene rings is 4.